The quantitative estimate of drug-likeness (QED) is 0.910. The summed E-state index contributed by atoms with van der Waals surface area (Å²) in [6.45, 7) is 4.09. The Morgan fingerprint density at radius 3 is 2.74 bits per heavy atom. The van der Waals surface area contributed by atoms with Crippen LogP contribution in [0.5, 0.6) is 0 Å². The lowest BCUT2D eigenvalue weighted by molar-refractivity contribution is 0.0685. The molecule has 0 bridgehead atoms. The maximum Gasteiger partial charge on any atom is 0.131 e. The van der Waals surface area contributed by atoms with Crippen molar-refractivity contribution in [2.75, 3.05) is 31.7 Å². The minimum atomic E-state index is -0.798. The van der Waals surface area contributed by atoms with Crippen molar-refractivity contribution in [3.63, 3.8) is 0 Å². The van der Waals surface area contributed by atoms with E-state index in [0.717, 1.165) is 38.3 Å². The third-order valence-electron chi connectivity index (χ3n) is 3.73. The van der Waals surface area contributed by atoms with Gasteiger partial charge in [-0.15, -0.1) is 0 Å². The highest BCUT2D eigenvalue weighted by Crippen LogP contribution is 2.29. The molecule has 0 unspecified atom stereocenters. The van der Waals surface area contributed by atoms with Crippen LogP contribution in [-0.2, 0) is 4.74 Å². The molecule has 0 aromatic heterocycles. The van der Waals surface area contributed by atoms with E-state index in [9.17, 15) is 9.50 Å². The number of hydrogen-bond acceptors (Lipinski definition) is 3. The average molecular weight is 267 g/mol. The molecular formula is C15H22FNO2. The highest BCUT2D eigenvalue weighted by molar-refractivity contribution is 5.54. The molecule has 1 heterocycles. The number of benzene rings is 1. The Kier molecular flexibility index (Phi) is 4.77. The molecule has 106 valence electrons. The first-order chi connectivity index (χ1) is 9.09. The van der Waals surface area contributed by atoms with E-state index in [0.29, 0.717) is 11.5 Å². The van der Waals surface area contributed by atoms with E-state index >= 15 is 0 Å². The molecule has 1 aliphatic heterocycles. The zero-order valence-electron chi connectivity index (χ0n) is 11.6. The molecule has 2 rings (SSSR count). The first-order valence-electron chi connectivity index (χ1n) is 6.85. The Balaban J connectivity index is 2.13. The first kappa shape index (κ1) is 14.3. The molecule has 0 aliphatic carbocycles. The fourth-order valence-electron chi connectivity index (χ4n) is 2.69. The Labute approximate surface area is 114 Å². The summed E-state index contributed by atoms with van der Waals surface area (Å²) in [7, 11) is 1.95. The largest absolute Gasteiger partial charge is 0.389 e. The van der Waals surface area contributed by atoms with Crippen LogP contribution >= 0.6 is 0 Å². The summed E-state index contributed by atoms with van der Waals surface area (Å²) in [4.78, 5) is 2.04. The molecule has 1 aromatic carbocycles. The van der Waals surface area contributed by atoms with Gasteiger partial charge in [-0.25, -0.2) is 4.39 Å². The minimum absolute atomic E-state index is 0.341. The smallest absolute Gasteiger partial charge is 0.131 e. The molecular weight excluding hydrogens is 245 g/mol. The van der Waals surface area contributed by atoms with Crippen LogP contribution in [0.15, 0.2) is 18.2 Å². The predicted octanol–water partition coefficient (Wildman–Crippen LogP) is 2.74. The number of aliphatic hydroxyl groups excluding tert-OH is 1. The Morgan fingerprint density at radius 2 is 2.11 bits per heavy atom. The molecule has 1 aliphatic rings. The molecule has 1 N–H and O–H groups in total. The zero-order chi connectivity index (χ0) is 13.8. The van der Waals surface area contributed by atoms with Crippen molar-refractivity contribution < 1.29 is 14.2 Å². The molecule has 19 heavy (non-hydrogen) atoms. The normalized spacial score (nSPS) is 18.3. The van der Waals surface area contributed by atoms with E-state index < -0.39 is 6.10 Å². The van der Waals surface area contributed by atoms with E-state index in [1.807, 2.05) is 18.0 Å². The second kappa shape index (κ2) is 6.35. The molecule has 3 nitrogen and oxygen atoms in total. The summed E-state index contributed by atoms with van der Waals surface area (Å²) >= 11 is 0. The number of ether oxygens (including phenoxy) is 1. The minimum Gasteiger partial charge on any atom is -0.389 e. The van der Waals surface area contributed by atoms with Crippen molar-refractivity contribution in [2.45, 2.75) is 25.9 Å². The number of rotatable bonds is 4. The Bertz CT molecular complexity index is 417. The summed E-state index contributed by atoms with van der Waals surface area (Å²) in [6, 6.07) is 4.95. The van der Waals surface area contributed by atoms with Crippen LogP contribution in [0.1, 0.15) is 31.4 Å². The van der Waals surface area contributed by atoms with Crippen LogP contribution in [0.3, 0.4) is 0 Å². The van der Waals surface area contributed by atoms with Gasteiger partial charge in [0, 0.05) is 38.1 Å². The van der Waals surface area contributed by atoms with Gasteiger partial charge in [0.15, 0.2) is 0 Å². The van der Waals surface area contributed by atoms with Crippen LogP contribution in [-0.4, -0.2) is 31.9 Å². The van der Waals surface area contributed by atoms with Gasteiger partial charge < -0.3 is 14.7 Å². The second-order valence-electron chi connectivity index (χ2n) is 5.28. The summed E-state index contributed by atoms with van der Waals surface area (Å²) in [6.07, 6.45) is 1.29. The number of nitrogens with zero attached hydrogens (tertiary/aromatic N) is 1. The van der Waals surface area contributed by atoms with E-state index in [1.54, 1.807) is 13.0 Å². The molecule has 1 saturated heterocycles. The highest BCUT2D eigenvalue weighted by atomic mass is 19.1. The number of anilines is 1. The van der Waals surface area contributed by atoms with Crippen LogP contribution in [0.4, 0.5) is 10.1 Å². The van der Waals surface area contributed by atoms with Crippen LogP contribution in [0.2, 0.25) is 0 Å². The van der Waals surface area contributed by atoms with Crippen LogP contribution in [0.25, 0.3) is 0 Å². The predicted molar refractivity (Wildman–Crippen MR) is 73.8 cm³/mol. The number of hydrogen-bond donors (Lipinski definition) is 1. The van der Waals surface area contributed by atoms with Gasteiger partial charge in [0.2, 0.25) is 0 Å². The fourth-order valence-corrected chi connectivity index (χ4v) is 2.69. The van der Waals surface area contributed by atoms with Gasteiger partial charge in [0.05, 0.1) is 6.10 Å². The highest BCUT2D eigenvalue weighted by Gasteiger charge is 2.20. The Hall–Kier alpha value is -1.13. The fraction of sp³-hybridized carbons (Fsp3) is 0.600. The molecule has 0 saturated carbocycles. The van der Waals surface area contributed by atoms with E-state index in [2.05, 4.69) is 0 Å². The molecule has 0 amide bonds. The number of aliphatic hydroxyl groups is 1. The molecule has 1 fully saturated rings. The van der Waals surface area contributed by atoms with Crippen molar-refractivity contribution in [1.82, 2.24) is 0 Å². The summed E-state index contributed by atoms with van der Waals surface area (Å²) in [5.41, 5.74) is 1.17. The molecule has 0 spiro atoms. The van der Waals surface area contributed by atoms with Gasteiger partial charge >= 0.3 is 0 Å². The monoisotopic (exact) mass is 267 g/mol. The average Bonchev–Trinajstić information content (AvgIpc) is 2.39. The molecule has 0 radical (unpaired) electrons. The summed E-state index contributed by atoms with van der Waals surface area (Å²) in [5.74, 6) is 0.232. The SMILES string of the molecule is C[C@H](O)c1c(F)cccc1N(C)CC1CCOCC1. The van der Waals surface area contributed by atoms with Crippen molar-refractivity contribution in [3.05, 3.63) is 29.6 Å². The van der Waals surface area contributed by atoms with Crippen molar-refractivity contribution in [1.29, 1.82) is 0 Å². The van der Waals surface area contributed by atoms with Gasteiger partial charge in [-0.2, -0.15) is 0 Å². The van der Waals surface area contributed by atoms with Crippen molar-refractivity contribution >= 4 is 5.69 Å². The summed E-state index contributed by atoms with van der Waals surface area (Å²) < 4.78 is 19.2. The van der Waals surface area contributed by atoms with Gasteiger partial charge in [0.1, 0.15) is 5.82 Å². The van der Waals surface area contributed by atoms with Crippen LogP contribution < -0.4 is 4.90 Å². The van der Waals surface area contributed by atoms with Gasteiger partial charge in [-0.05, 0) is 37.8 Å². The van der Waals surface area contributed by atoms with E-state index in [-0.39, 0.29) is 5.82 Å². The standard InChI is InChI=1S/C15H22FNO2/c1-11(18)15-13(16)4-3-5-14(15)17(2)10-12-6-8-19-9-7-12/h3-5,11-12,18H,6-10H2,1-2H3/t11-/m0/s1. The second-order valence-corrected chi connectivity index (χ2v) is 5.28. The lowest BCUT2D eigenvalue weighted by Crippen LogP contribution is -2.30. The van der Waals surface area contributed by atoms with E-state index in [4.69, 9.17) is 4.74 Å². The molecule has 1 atom stereocenters. The lowest BCUT2D eigenvalue weighted by atomic mass is 9.98. The Morgan fingerprint density at radius 1 is 1.42 bits per heavy atom. The maximum absolute atomic E-state index is 13.8. The van der Waals surface area contributed by atoms with E-state index in [1.165, 1.54) is 6.07 Å². The van der Waals surface area contributed by atoms with Gasteiger partial charge in [-0.3, -0.25) is 0 Å². The van der Waals surface area contributed by atoms with Gasteiger partial charge in [-0.1, -0.05) is 6.07 Å². The van der Waals surface area contributed by atoms with Crippen molar-refractivity contribution in [2.24, 2.45) is 5.92 Å². The molecule has 4 heteroatoms. The third-order valence-corrected chi connectivity index (χ3v) is 3.73. The third kappa shape index (κ3) is 3.45. The summed E-state index contributed by atoms with van der Waals surface area (Å²) in [5, 5.41) is 9.75. The van der Waals surface area contributed by atoms with Crippen LogP contribution in [0, 0.1) is 11.7 Å². The number of halogens is 1. The van der Waals surface area contributed by atoms with Crippen molar-refractivity contribution in [3.8, 4) is 0 Å². The maximum atomic E-state index is 13.8. The van der Waals surface area contributed by atoms with Gasteiger partial charge in [0.25, 0.3) is 0 Å². The lowest BCUT2D eigenvalue weighted by Gasteiger charge is -2.30. The zero-order valence-corrected chi connectivity index (χ0v) is 11.6. The molecule has 1 aromatic rings. The first-order valence-corrected chi connectivity index (χ1v) is 6.85. The topological polar surface area (TPSA) is 32.7 Å².